The number of anilines is 1. The molecular formula is C20H18N6O5. The second-order valence-corrected chi connectivity index (χ2v) is 6.71. The zero-order valence-electron chi connectivity index (χ0n) is 16.1. The lowest BCUT2D eigenvalue weighted by atomic mass is 10.1. The zero-order chi connectivity index (χ0) is 22.0. The number of nitrogen functional groups attached to an aromatic ring is 1. The first-order valence-electron chi connectivity index (χ1n) is 9.26. The van der Waals surface area contributed by atoms with Gasteiger partial charge in [-0.25, -0.2) is 15.0 Å². The van der Waals surface area contributed by atoms with E-state index in [2.05, 4.69) is 26.8 Å². The van der Waals surface area contributed by atoms with Crippen molar-refractivity contribution in [2.45, 2.75) is 24.5 Å². The van der Waals surface area contributed by atoms with Gasteiger partial charge in [0.05, 0.1) is 24.6 Å². The van der Waals surface area contributed by atoms with Crippen LogP contribution in [0.5, 0.6) is 5.75 Å². The van der Waals surface area contributed by atoms with Crippen LogP contribution in [0.1, 0.15) is 17.6 Å². The number of nitrogens with zero attached hydrogens (tertiary/aromatic N) is 5. The van der Waals surface area contributed by atoms with Crippen LogP contribution in [0.2, 0.25) is 0 Å². The van der Waals surface area contributed by atoms with Gasteiger partial charge in [0.2, 0.25) is 5.82 Å². The first kappa shape index (κ1) is 20.5. The van der Waals surface area contributed by atoms with Crippen molar-refractivity contribution >= 4 is 17.0 Å². The van der Waals surface area contributed by atoms with E-state index in [9.17, 15) is 15.3 Å². The summed E-state index contributed by atoms with van der Waals surface area (Å²) in [7, 11) is 0. The lowest BCUT2D eigenvalue weighted by Crippen LogP contribution is -2.33. The van der Waals surface area contributed by atoms with E-state index in [4.69, 9.17) is 20.5 Å². The summed E-state index contributed by atoms with van der Waals surface area (Å²) in [6.07, 6.45) is -3.13. The van der Waals surface area contributed by atoms with Gasteiger partial charge >= 0.3 is 0 Å². The Morgan fingerprint density at radius 3 is 2.65 bits per heavy atom. The number of nitriles is 1. The lowest BCUT2D eigenvalue weighted by molar-refractivity contribution is -0.0511. The molecule has 2 aromatic heterocycles. The van der Waals surface area contributed by atoms with Gasteiger partial charge < -0.3 is 30.5 Å². The molecular weight excluding hydrogens is 404 g/mol. The molecule has 31 heavy (non-hydrogen) atoms. The van der Waals surface area contributed by atoms with Gasteiger partial charge in [0, 0.05) is 0 Å². The summed E-state index contributed by atoms with van der Waals surface area (Å²) in [5.74, 6) is 6.30. The van der Waals surface area contributed by atoms with Crippen molar-refractivity contribution in [2.24, 2.45) is 0 Å². The fourth-order valence-corrected chi connectivity index (χ4v) is 3.15. The highest BCUT2D eigenvalue weighted by Gasteiger charge is 2.44. The van der Waals surface area contributed by atoms with Crippen LogP contribution in [-0.2, 0) is 4.74 Å². The van der Waals surface area contributed by atoms with E-state index >= 15 is 0 Å². The van der Waals surface area contributed by atoms with Crippen LogP contribution in [0, 0.1) is 23.2 Å². The molecule has 0 amide bonds. The third kappa shape index (κ3) is 3.99. The van der Waals surface area contributed by atoms with Crippen molar-refractivity contribution in [1.29, 1.82) is 5.26 Å². The fourth-order valence-electron chi connectivity index (χ4n) is 3.15. The summed E-state index contributed by atoms with van der Waals surface area (Å²) in [6.45, 7) is -0.393. The van der Waals surface area contributed by atoms with E-state index in [1.54, 1.807) is 24.3 Å². The van der Waals surface area contributed by atoms with Crippen LogP contribution in [0.15, 0.2) is 30.6 Å². The third-order valence-electron chi connectivity index (χ3n) is 4.73. The highest BCUT2D eigenvalue weighted by atomic mass is 16.6. The Labute approximate surface area is 176 Å². The number of aromatic nitrogens is 4. The molecule has 0 spiro atoms. The number of aliphatic hydroxyl groups excluding tert-OH is 3. The number of benzene rings is 1. The molecule has 0 unspecified atom stereocenters. The zero-order valence-corrected chi connectivity index (χ0v) is 16.1. The van der Waals surface area contributed by atoms with Crippen LogP contribution in [0.4, 0.5) is 5.82 Å². The summed E-state index contributed by atoms with van der Waals surface area (Å²) in [4.78, 5) is 12.6. The quantitative estimate of drug-likeness (QED) is 0.395. The maximum Gasteiger partial charge on any atom is 0.209 e. The van der Waals surface area contributed by atoms with Gasteiger partial charge in [0.1, 0.15) is 36.2 Å². The molecule has 1 fully saturated rings. The Kier molecular flexibility index (Phi) is 5.66. The molecule has 3 heterocycles. The molecule has 158 valence electrons. The van der Waals surface area contributed by atoms with Crippen molar-refractivity contribution in [3.63, 3.8) is 0 Å². The van der Waals surface area contributed by atoms with Gasteiger partial charge in [-0.2, -0.15) is 5.26 Å². The minimum absolute atomic E-state index is 0.0568. The van der Waals surface area contributed by atoms with E-state index in [1.807, 2.05) is 6.07 Å². The Morgan fingerprint density at radius 2 is 1.97 bits per heavy atom. The molecule has 1 aromatic carbocycles. The summed E-state index contributed by atoms with van der Waals surface area (Å²) in [5.41, 5.74) is 7.04. The molecule has 0 bridgehead atoms. The maximum atomic E-state index is 10.3. The van der Waals surface area contributed by atoms with Crippen molar-refractivity contribution in [2.75, 3.05) is 18.9 Å². The number of ether oxygens (including phenoxy) is 2. The van der Waals surface area contributed by atoms with Crippen molar-refractivity contribution in [3.8, 4) is 23.7 Å². The predicted molar refractivity (Wildman–Crippen MR) is 106 cm³/mol. The average Bonchev–Trinajstić information content (AvgIpc) is 3.33. The first-order valence-corrected chi connectivity index (χ1v) is 9.26. The molecule has 0 saturated carbocycles. The van der Waals surface area contributed by atoms with Crippen LogP contribution in [0.25, 0.3) is 11.2 Å². The summed E-state index contributed by atoms with van der Waals surface area (Å²) in [6, 6.07) is 8.64. The molecule has 3 aromatic rings. The molecule has 4 atom stereocenters. The topological polar surface area (TPSA) is 173 Å². The standard InChI is InChI=1S/C20H18N6O5/c21-8-11-3-5-12(6-4-11)30-7-1-2-14-24-18(22)15-19(25-14)26(10-23-15)20-17(29)16(28)13(9-27)31-20/h3-6,10,13,16-17,20,27-29H,7,9H2,(H2,22,24,25)/t13-,16-,17-,20-/m1/s1. The Balaban J connectivity index is 1.54. The summed E-state index contributed by atoms with van der Waals surface area (Å²) in [5, 5.41) is 38.4. The SMILES string of the molecule is N#Cc1ccc(OCC#Cc2nc(N)c3ncn([C@@H]4O[C@H](CO)[C@@H](O)[C@H]4O)c3n2)cc1. The van der Waals surface area contributed by atoms with E-state index in [1.165, 1.54) is 10.9 Å². The van der Waals surface area contributed by atoms with Gasteiger partial charge in [0.25, 0.3) is 0 Å². The van der Waals surface area contributed by atoms with Gasteiger partial charge in [-0.15, -0.1) is 0 Å². The molecule has 1 saturated heterocycles. The molecule has 11 heteroatoms. The second-order valence-electron chi connectivity index (χ2n) is 6.71. The predicted octanol–water partition coefficient (Wildman–Crippen LogP) is -0.678. The molecule has 5 N–H and O–H groups in total. The number of rotatable bonds is 4. The van der Waals surface area contributed by atoms with Crippen LogP contribution in [-0.4, -0.2) is 66.4 Å². The maximum absolute atomic E-state index is 10.3. The Bertz CT molecular complexity index is 1190. The van der Waals surface area contributed by atoms with E-state index in [0.717, 1.165) is 0 Å². The molecule has 1 aliphatic rings. The van der Waals surface area contributed by atoms with Crippen molar-refractivity contribution < 1.29 is 24.8 Å². The van der Waals surface area contributed by atoms with Crippen LogP contribution < -0.4 is 10.5 Å². The molecule has 11 nitrogen and oxygen atoms in total. The smallest absolute Gasteiger partial charge is 0.209 e. The third-order valence-corrected chi connectivity index (χ3v) is 4.73. The minimum Gasteiger partial charge on any atom is -0.481 e. The first-order chi connectivity index (χ1) is 15.0. The van der Waals surface area contributed by atoms with E-state index < -0.39 is 31.1 Å². The molecule has 0 aliphatic carbocycles. The van der Waals surface area contributed by atoms with Crippen molar-refractivity contribution in [1.82, 2.24) is 19.5 Å². The monoisotopic (exact) mass is 422 g/mol. The van der Waals surface area contributed by atoms with Gasteiger partial charge in [-0.05, 0) is 30.2 Å². The number of nitrogens with two attached hydrogens (primary N) is 1. The Morgan fingerprint density at radius 1 is 1.19 bits per heavy atom. The lowest BCUT2D eigenvalue weighted by Gasteiger charge is -2.16. The van der Waals surface area contributed by atoms with Gasteiger partial charge in [0.15, 0.2) is 17.7 Å². The normalized spacial score (nSPS) is 22.6. The number of hydrogen-bond acceptors (Lipinski definition) is 10. The fraction of sp³-hybridized carbons (Fsp3) is 0.300. The van der Waals surface area contributed by atoms with Crippen molar-refractivity contribution in [3.05, 3.63) is 42.0 Å². The Hall–Kier alpha value is -3.74. The van der Waals surface area contributed by atoms with E-state index in [-0.39, 0.29) is 29.4 Å². The highest BCUT2D eigenvalue weighted by molar-refractivity contribution is 5.82. The molecule has 0 radical (unpaired) electrons. The minimum atomic E-state index is -1.29. The number of fused-ring (bicyclic) bond motifs is 1. The summed E-state index contributed by atoms with van der Waals surface area (Å²) >= 11 is 0. The summed E-state index contributed by atoms with van der Waals surface area (Å²) < 4.78 is 12.4. The molecule has 1 aliphatic heterocycles. The van der Waals surface area contributed by atoms with E-state index in [0.29, 0.717) is 11.3 Å². The average molecular weight is 422 g/mol. The largest absolute Gasteiger partial charge is 0.481 e. The number of hydrogen-bond donors (Lipinski definition) is 4. The molecule has 4 rings (SSSR count). The van der Waals surface area contributed by atoms with Gasteiger partial charge in [-0.1, -0.05) is 5.92 Å². The number of aliphatic hydroxyl groups is 3. The van der Waals surface area contributed by atoms with Crippen LogP contribution in [0.3, 0.4) is 0 Å². The van der Waals surface area contributed by atoms with Crippen LogP contribution >= 0.6 is 0 Å². The highest BCUT2D eigenvalue weighted by Crippen LogP contribution is 2.31. The van der Waals surface area contributed by atoms with Gasteiger partial charge in [-0.3, -0.25) is 4.57 Å². The number of imidazole rings is 1. The second kappa shape index (κ2) is 8.55.